The van der Waals surface area contributed by atoms with E-state index >= 15 is 0 Å². The van der Waals surface area contributed by atoms with Crippen LogP contribution in [0.5, 0.6) is 0 Å². The summed E-state index contributed by atoms with van der Waals surface area (Å²) < 4.78 is 13.0. The smallest absolute Gasteiger partial charge is 0.311 e. The lowest BCUT2D eigenvalue weighted by molar-refractivity contribution is -0.138. The molecule has 0 radical (unpaired) electrons. The minimum atomic E-state index is -0.899. The number of halogens is 1. The Morgan fingerprint density at radius 3 is 2.46 bits per heavy atom. The average molecular weight is 342 g/mol. The summed E-state index contributed by atoms with van der Waals surface area (Å²) >= 11 is 1.29. The highest BCUT2D eigenvalue weighted by atomic mass is 32.1. The summed E-state index contributed by atoms with van der Waals surface area (Å²) in [7, 11) is 0. The Balaban J connectivity index is 1.99. The standard InChI is InChI=1S/C18H15FN2O2S/c1-11(17(22)23)16-15(12-5-3-2-4-6-12)21-18(24-16)20-14-9-7-13(19)8-10-14/h2-11H,1H3,(H,20,21)(H,22,23). The number of nitrogens with zero attached hydrogens (tertiary/aromatic N) is 1. The molecule has 0 aliphatic rings. The molecule has 0 saturated carbocycles. The fraction of sp³-hybridized carbons (Fsp3) is 0.111. The van der Waals surface area contributed by atoms with Crippen molar-refractivity contribution in [2.24, 2.45) is 0 Å². The summed E-state index contributed by atoms with van der Waals surface area (Å²) in [6.45, 7) is 1.64. The molecular formula is C18H15FN2O2S. The fourth-order valence-electron chi connectivity index (χ4n) is 2.25. The lowest BCUT2D eigenvalue weighted by atomic mass is 10.0. The van der Waals surface area contributed by atoms with Gasteiger partial charge in [0.15, 0.2) is 5.13 Å². The molecule has 1 aromatic heterocycles. The number of aromatic nitrogens is 1. The van der Waals surface area contributed by atoms with Crippen LogP contribution in [0, 0.1) is 5.82 Å². The number of hydrogen-bond acceptors (Lipinski definition) is 4. The first-order valence-corrected chi connectivity index (χ1v) is 8.18. The summed E-state index contributed by atoms with van der Waals surface area (Å²) in [6.07, 6.45) is 0. The first-order chi connectivity index (χ1) is 11.5. The zero-order valence-corrected chi connectivity index (χ0v) is 13.7. The van der Waals surface area contributed by atoms with Gasteiger partial charge in [-0.1, -0.05) is 30.3 Å². The monoisotopic (exact) mass is 342 g/mol. The highest BCUT2D eigenvalue weighted by molar-refractivity contribution is 7.16. The first kappa shape index (κ1) is 16.1. The van der Waals surface area contributed by atoms with Crippen molar-refractivity contribution in [1.29, 1.82) is 0 Å². The van der Waals surface area contributed by atoms with Gasteiger partial charge >= 0.3 is 5.97 Å². The Kier molecular flexibility index (Phi) is 4.57. The third kappa shape index (κ3) is 3.44. The van der Waals surface area contributed by atoms with Crippen molar-refractivity contribution in [2.45, 2.75) is 12.8 Å². The molecule has 2 aromatic carbocycles. The molecule has 0 fully saturated rings. The molecule has 6 heteroatoms. The molecule has 0 aliphatic heterocycles. The third-order valence-electron chi connectivity index (χ3n) is 3.56. The van der Waals surface area contributed by atoms with Crippen LogP contribution in [0.3, 0.4) is 0 Å². The summed E-state index contributed by atoms with van der Waals surface area (Å²) in [5, 5.41) is 13.0. The van der Waals surface area contributed by atoms with Gasteiger partial charge in [-0.3, -0.25) is 4.79 Å². The first-order valence-electron chi connectivity index (χ1n) is 7.36. The molecule has 24 heavy (non-hydrogen) atoms. The van der Waals surface area contributed by atoms with E-state index in [0.29, 0.717) is 21.4 Å². The SMILES string of the molecule is CC(C(=O)O)c1sc(Nc2ccc(F)cc2)nc1-c1ccccc1. The minimum absolute atomic E-state index is 0.315. The molecule has 0 amide bonds. The molecule has 1 heterocycles. The van der Waals surface area contributed by atoms with Crippen LogP contribution < -0.4 is 5.32 Å². The molecular weight excluding hydrogens is 327 g/mol. The van der Waals surface area contributed by atoms with Gasteiger partial charge in [0, 0.05) is 16.1 Å². The summed E-state index contributed by atoms with van der Waals surface area (Å²) in [4.78, 5) is 16.6. The lowest BCUT2D eigenvalue weighted by Gasteiger charge is -2.05. The number of aliphatic carboxylic acids is 1. The number of anilines is 2. The number of rotatable bonds is 5. The van der Waals surface area contributed by atoms with Crippen molar-refractivity contribution in [3.05, 3.63) is 65.3 Å². The number of nitrogens with one attached hydrogen (secondary N) is 1. The van der Waals surface area contributed by atoms with Crippen LogP contribution in [0.15, 0.2) is 54.6 Å². The van der Waals surface area contributed by atoms with Gasteiger partial charge in [-0.2, -0.15) is 0 Å². The van der Waals surface area contributed by atoms with E-state index in [4.69, 9.17) is 0 Å². The molecule has 122 valence electrons. The molecule has 2 N–H and O–H groups in total. The van der Waals surface area contributed by atoms with Crippen LogP contribution in [0.1, 0.15) is 17.7 Å². The van der Waals surface area contributed by atoms with Gasteiger partial charge in [0.1, 0.15) is 5.82 Å². The number of carboxylic acid groups (broad SMARTS) is 1. The summed E-state index contributed by atoms with van der Waals surface area (Å²) in [5.74, 6) is -1.88. The van der Waals surface area contributed by atoms with Crippen molar-refractivity contribution >= 4 is 28.1 Å². The van der Waals surface area contributed by atoms with E-state index in [9.17, 15) is 14.3 Å². The van der Waals surface area contributed by atoms with Gasteiger partial charge < -0.3 is 10.4 Å². The van der Waals surface area contributed by atoms with Gasteiger partial charge in [-0.15, -0.1) is 11.3 Å². The van der Waals surface area contributed by atoms with Crippen LogP contribution in [-0.4, -0.2) is 16.1 Å². The minimum Gasteiger partial charge on any atom is -0.481 e. The molecule has 1 unspecified atom stereocenters. The molecule has 1 atom stereocenters. The number of carboxylic acids is 1. The molecule has 0 aliphatic carbocycles. The molecule has 0 saturated heterocycles. The van der Waals surface area contributed by atoms with E-state index in [1.807, 2.05) is 30.3 Å². The number of carbonyl (C=O) groups is 1. The van der Waals surface area contributed by atoms with Gasteiger partial charge in [0.2, 0.25) is 0 Å². The zero-order chi connectivity index (χ0) is 17.1. The summed E-state index contributed by atoms with van der Waals surface area (Å²) in [6, 6.07) is 15.4. The Hall–Kier alpha value is -2.73. The molecule has 3 aromatic rings. The van der Waals surface area contributed by atoms with Gasteiger partial charge in [0.05, 0.1) is 11.6 Å². The van der Waals surface area contributed by atoms with Crippen LogP contribution in [0.25, 0.3) is 11.3 Å². The largest absolute Gasteiger partial charge is 0.481 e. The Bertz CT molecular complexity index is 847. The van der Waals surface area contributed by atoms with Gasteiger partial charge in [-0.05, 0) is 31.2 Å². The highest BCUT2D eigenvalue weighted by Crippen LogP contribution is 2.37. The Labute approximate surface area is 142 Å². The second kappa shape index (κ2) is 6.80. The number of hydrogen-bond donors (Lipinski definition) is 2. The Morgan fingerprint density at radius 2 is 1.83 bits per heavy atom. The third-order valence-corrected chi connectivity index (χ3v) is 4.71. The van der Waals surface area contributed by atoms with Crippen LogP contribution in [0.2, 0.25) is 0 Å². The number of thiazole rings is 1. The van der Waals surface area contributed by atoms with E-state index in [2.05, 4.69) is 10.3 Å². The fourth-order valence-corrected chi connectivity index (χ4v) is 3.30. The van der Waals surface area contributed by atoms with Crippen LogP contribution in [-0.2, 0) is 4.79 Å². The Morgan fingerprint density at radius 1 is 1.17 bits per heavy atom. The van der Waals surface area contributed by atoms with Crippen molar-refractivity contribution in [1.82, 2.24) is 4.98 Å². The second-order valence-corrected chi connectivity index (χ2v) is 6.32. The van der Waals surface area contributed by atoms with Crippen molar-refractivity contribution < 1.29 is 14.3 Å². The van der Waals surface area contributed by atoms with E-state index in [1.54, 1.807) is 19.1 Å². The van der Waals surface area contributed by atoms with Crippen molar-refractivity contribution in [3.63, 3.8) is 0 Å². The van der Waals surface area contributed by atoms with E-state index in [0.717, 1.165) is 5.56 Å². The predicted molar refractivity (Wildman–Crippen MR) is 93.3 cm³/mol. The van der Waals surface area contributed by atoms with Gasteiger partial charge in [0.25, 0.3) is 0 Å². The van der Waals surface area contributed by atoms with Crippen molar-refractivity contribution in [2.75, 3.05) is 5.32 Å². The predicted octanol–water partition coefficient (Wildman–Crippen LogP) is 4.88. The zero-order valence-electron chi connectivity index (χ0n) is 12.9. The highest BCUT2D eigenvalue weighted by Gasteiger charge is 2.23. The topological polar surface area (TPSA) is 62.2 Å². The summed E-state index contributed by atoms with van der Waals surface area (Å²) in [5.41, 5.74) is 2.21. The molecule has 3 rings (SSSR count). The van der Waals surface area contributed by atoms with Crippen molar-refractivity contribution in [3.8, 4) is 11.3 Å². The molecule has 4 nitrogen and oxygen atoms in total. The maximum absolute atomic E-state index is 13.0. The lowest BCUT2D eigenvalue weighted by Crippen LogP contribution is -2.06. The maximum Gasteiger partial charge on any atom is 0.311 e. The maximum atomic E-state index is 13.0. The van der Waals surface area contributed by atoms with E-state index < -0.39 is 11.9 Å². The van der Waals surface area contributed by atoms with E-state index in [-0.39, 0.29) is 5.82 Å². The van der Waals surface area contributed by atoms with E-state index in [1.165, 1.54) is 23.5 Å². The molecule has 0 spiro atoms. The quantitative estimate of drug-likeness (QED) is 0.693. The normalized spacial score (nSPS) is 11.9. The van der Waals surface area contributed by atoms with Crippen LogP contribution in [0.4, 0.5) is 15.2 Å². The average Bonchev–Trinajstić information content (AvgIpc) is 3.00. The second-order valence-electron chi connectivity index (χ2n) is 5.29. The van der Waals surface area contributed by atoms with Gasteiger partial charge in [-0.25, -0.2) is 9.37 Å². The molecule has 0 bridgehead atoms. The van der Waals surface area contributed by atoms with Crippen LogP contribution >= 0.6 is 11.3 Å². The number of benzene rings is 2.